The Hall–Kier alpha value is -2.95. The number of anilines is 1. The third kappa shape index (κ3) is 3.51. The van der Waals surface area contributed by atoms with Gasteiger partial charge in [0.25, 0.3) is 0 Å². The number of hydrogen-bond acceptors (Lipinski definition) is 5. The fourth-order valence-corrected chi connectivity index (χ4v) is 2.55. The van der Waals surface area contributed by atoms with Gasteiger partial charge in [0, 0.05) is 11.4 Å². The molecule has 0 saturated carbocycles. The highest BCUT2D eigenvalue weighted by atomic mass is 16.5. The van der Waals surface area contributed by atoms with Gasteiger partial charge >= 0.3 is 0 Å². The van der Waals surface area contributed by atoms with Gasteiger partial charge in [-0.2, -0.15) is 5.10 Å². The summed E-state index contributed by atoms with van der Waals surface area (Å²) in [5.41, 5.74) is 6.68. The number of ether oxygens (including phenoxy) is 1. The Morgan fingerprint density at radius 1 is 0.958 bits per heavy atom. The number of aromatic nitrogens is 2. The Labute approximate surface area is 141 Å². The molecule has 122 valence electrons. The van der Waals surface area contributed by atoms with Gasteiger partial charge in [0.15, 0.2) is 0 Å². The SMILES string of the molecule is COc1ccc2cc(C(C)=NNc3nc(C)cc(C)n3)ccc2c1. The molecule has 3 aromatic rings. The lowest BCUT2D eigenvalue weighted by Gasteiger charge is -2.07. The molecular formula is C19H20N4O. The van der Waals surface area contributed by atoms with E-state index in [-0.39, 0.29) is 0 Å². The maximum atomic E-state index is 5.26. The molecule has 0 fully saturated rings. The highest BCUT2D eigenvalue weighted by molar-refractivity contribution is 6.02. The Kier molecular flexibility index (Phi) is 4.42. The molecule has 0 unspecified atom stereocenters. The van der Waals surface area contributed by atoms with E-state index in [0.717, 1.165) is 39.2 Å². The van der Waals surface area contributed by atoms with Gasteiger partial charge in [0.1, 0.15) is 5.75 Å². The van der Waals surface area contributed by atoms with Crippen molar-refractivity contribution in [3.63, 3.8) is 0 Å². The van der Waals surface area contributed by atoms with Crippen LogP contribution in [0.2, 0.25) is 0 Å². The number of rotatable bonds is 4. The van der Waals surface area contributed by atoms with E-state index in [4.69, 9.17) is 4.74 Å². The number of methoxy groups -OCH3 is 1. The van der Waals surface area contributed by atoms with Crippen LogP contribution in [0.4, 0.5) is 5.95 Å². The highest BCUT2D eigenvalue weighted by Crippen LogP contribution is 2.22. The van der Waals surface area contributed by atoms with Gasteiger partial charge in [0.2, 0.25) is 5.95 Å². The first-order valence-electron chi connectivity index (χ1n) is 7.76. The van der Waals surface area contributed by atoms with Gasteiger partial charge in [-0.1, -0.05) is 18.2 Å². The molecule has 0 aliphatic rings. The first-order valence-corrected chi connectivity index (χ1v) is 7.76. The van der Waals surface area contributed by atoms with Crippen molar-refractivity contribution in [2.24, 2.45) is 5.10 Å². The minimum atomic E-state index is 0.511. The minimum Gasteiger partial charge on any atom is -0.497 e. The minimum absolute atomic E-state index is 0.511. The summed E-state index contributed by atoms with van der Waals surface area (Å²) in [5, 5.41) is 6.68. The Bertz CT molecular complexity index is 898. The number of hydrogen-bond donors (Lipinski definition) is 1. The molecule has 2 aromatic carbocycles. The zero-order chi connectivity index (χ0) is 17.1. The van der Waals surface area contributed by atoms with Crippen LogP contribution in [0, 0.1) is 13.8 Å². The number of aryl methyl sites for hydroxylation is 2. The molecule has 0 aliphatic heterocycles. The second kappa shape index (κ2) is 6.66. The van der Waals surface area contributed by atoms with E-state index in [9.17, 15) is 0 Å². The first kappa shape index (κ1) is 15.9. The molecule has 5 heteroatoms. The molecule has 0 radical (unpaired) electrons. The third-order valence-electron chi connectivity index (χ3n) is 3.77. The quantitative estimate of drug-likeness (QED) is 0.581. The zero-order valence-corrected chi connectivity index (χ0v) is 14.3. The van der Waals surface area contributed by atoms with Crippen molar-refractivity contribution in [3.05, 3.63) is 59.4 Å². The van der Waals surface area contributed by atoms with E-state index in [1.807, 2.05) is 51.1 Å². The summed E-state index contributed by atoms with van der Waals surface area (Å²) in [7, 11) is 1.67. The van der Waals surface area contributed by atoms with Crippen molar-refractivity contribution in [1.82, 2.24) is 9.97 Å². The summed E-state index contributed by atoms with van der Waals surface area (Å²) in [6, 6.07) is 14.2. The monoisotopic (exact) mass is 320 g/mol. The van der Waals surface area contributed by atoms with Crippen LogP contribution in [0.15, 0.2) is 47.6 Å². The molecule has 0 amide bonds. The van der Waals surface area contributed by atoms with Crippen LogP contribution in [-0.4, -0.2) is 22.8 Å². The summed E-state index contributed by atoms with van der Waals surface area (Å²) in [6.07, 6.45) is 0. The molecule has 1 aromatic heterocycles. The van der Waals surface area contributed by atoms with Crippen molar-refractivity contribution in [2.45, 2.75) is 20.8 Å². The number of fused-ring (bicyclic) bond motifs is 1. The van der Waals surface area contributed by atoms with Crippen LogP contribution in [0.1, 0.15) is 23.9 Å². The maximum Gasteiger partial charge on any atom is 0.243 e. The molecule has 3 rings (SSSR count). The normalized spacial score (nSPS) is 11.6. The van der Waals surface area contributed by atoms with Crippen molar-refractivity contribution in [1.29, 1.82) is 0 Å². The molecule has 0 spiro atoms. The molecule has 24 heavy (non-hydrogen) atoms. The summed E-state index contributed by atoms with van der Waals surface area (Å²) in [6.45, 7) is 5.84. The Morgan fingerprint density at radius 2 is 1.62 bits per heavy atom. The molecular weight excluding hydrogens is 300 g/mol. The van der Waals surface area contributed by atoms with E-state index in [0.29, 0.717) is 5.95 Å². The van der Waals surface area contributed by atoms with Gasteiger partial charge in [-0.25, -0.2) is 15.4 Å². The van der Waals surface area contributed by atoms with E-state index in [1.54, 1.807) is 7.11 Å². The van der Waals surface area contributed by atoms with Gasteiger partial charge < -0.3 is 4.74 Å². The summed E-state index contributed by atoms with van der Waals surface area (Å²) >= 11 is 0. The predicted molar refractivity (Wildman–Crippen MR) is 97.8 cm³/mol. The van der Waals surface area contributed by atoms with Crippen molar-refractivity contribution in [3.8, 4) is 5.75 Å². The smallest absolute Gasteiger partial charge is 0.243 e. The van der Waals surface area contributed by atoms with Gasteiger partial charge in [-0.15, -0.1) is 0 Å². The van der Waals surface area contributed by atoms with Crippen molar-refractivity contribution < 1.29 is 4.74 Å². The van der Waals surface area contributed by atoms with Crippen molar-refractivity contribution in [2.75, 3.05) is 12.5 Å². The second-order valence-corrected chi connectivity index (χ2v) is 5.71. The van der Waals surface area contributed by atoms with Crippen LogP contribution in [0.25, 0.3) is 10.8 Å². The molecule has 0 bridgehead atoms. The summed E-state index contributed by atoms with van der Waals surface area (Å²) in [5.74, 6) is 1.37. The fourth-order valence-electron chi connectivity index (χ4n) is 2.55. The number of nitrogens with zero attached hydrogens (tertiary/aromatic N) is 3. The van der Waals surface area contributed by atoms with Crippen molar-refractivity contribution >= 4 is 22.4 Å². The van der Waals surface area contributed by atoms with Crippen LogP contribution < -0.4 is 10.2 Å². The standard InChI is InChI=1S/C19H20N4O/c1-12-9-13(2)21-19(20-12)23-22-14(3)15-5-6-17-11-18(24-4)8-7-16(17)10-15/h5-11H,1-4H3,(H,20,21,23). The summed E-state index contributed by atoms with van der Waals surface area (Å²) < 4.78 is 5.26. The Morgan fingerprint density at radius 3 is 2.33 bits per heavy atom. The maximum absolute atomic E-state index is 5.26. The average molecular weight is 320 g/mol. The lowest BCUT2D eigenvalue weighted by atomic mass is 10.0. The van der Waals surface area contributed by atoms with E-state index >= 15 is 0 Å². The van der Waals surface area contributed by atoms with E-state index < -0.39 is 0 Å². The lowest BCUT2D eigenvalue weighted by Crippen LogP contribution is -2.03. The second-order valence-electron chi connectivity index (χ2n) is 5.71. The van der Waals surface area contributed by atoms with Crippen LogP contribution in [-0.2, 0) is 0 Å². The van der Waals surface area contributed by atoms with E-state index in [2.05, 4.69) is 32.6 Å². The molecule has 5 nitrogen and oxygen atoms in total. The average Bonchev–Trinajstić information content (AvgIpc) is 2.58. The van der Waals surface area contributed by atoms with Gasteiger partial charge in [-0.05, 0) is 61.4 Å². The molecule has 1 N–H and O–H groups in total. The highest BCUT2D eigenvalue weighted by Gasteiger charge is 2.03. The molecule has 1 heterocycles. The predicted octanol–water partition coefficient (Wildman–Crippen LogP) is 4.09. The zero-order valence-electron chi connectivity index (χ0n) is 14.3. The molecule has 0 saturated heterocycles. The molecule has 0 atom stereocenters. The summed E-state index contributed by atoms with van der Waals surface area (Å²) in [4.78, 5) is 8.65. The largest absolute Gasteiger partial charge is 0.497 e. The molecule has 0 aliphatic carbocycles. The van der Waals surface area contributed by atoms with Crippen LogP contribution in [0.3, 0.4) is 0 Å². The van der Waals surface area contributed by atoms with Crippen LogP contribution in [0.5, 0.6) is 5.75 Å². The topological polar surface area (TPSA) is 59.4 Å². The fraction of sp³-hybridized carbons (Fsp3) is 0.211. The van der Waals surface area contributed by atoms with Gasteiger partial charge in [-0.3, -0.25) is 0 Å². The Balaban J connectivity index is 1.85. The van der Waals surface area contributed by atoms with E-state index in [1.165, 1.54) is 0 Å². The van der Waals surface area contributed by atoms with Gasteiger partial charge in [0.05, 0.1) is 12.8 Å². The number of hydrazone groups is 1. The number of nitrogens with one attached hydrogen (secondary N) is 1. The first-order chi connectivity index (χ1) is 11.5. The van der Waals surface area contributed by atoms with Crippen LogP contribution >= 0.6 is 0 Å². The number of benzene rings is 2. The third-order valence-corrected chi connectivity index (χ3v) is 3.77. The lowest BCUT2D eigenvalue weighted by molar-refractivity contribution is 0.415.